The summed E-state index contributed by atoms with van der Waals surface area (Å²) in [5.41, 5.74) is 0. The number of ether oxygens (including phenoxy) is 2. The van der Waals surface area contributed by atoms with Gasteiger partial charge in [-0.3, -0.25) is 0 Å². The average Bonchev–Trinajstić information content (AvgIpc) is 2.20. The van der Waals surface area contributed by atoms with Crippen LogP contribution in [-0.2, 0) is 17.0 Å². The molecule has 0 radical (unpaired) electrons. The van der Waals surface area contributed by atoms with Crippen molar-refractivity contribution >= 4 is 18.6 Å². The van der Waals surface area contributed by atoms with Crippen molar-refractivity contribution in [2.45, 2.75) is 0 Å². The predicted octanol–water partition coefficient (Wildman–Crippen LogP) is 2.79. The van der Waals surface area contributed by atoms with Gasteiger partial charge in [-0.25, -0.2) is 0 Å². The first-order chi connectivity index (χ1) is 6.69. The summed E-state index contributed by atoms with van der Waals surface area (Å²) < 4.78 is 9.78. The van der Waals surface area contributed by atoms with Crippen molar-refractivity contribution < 1.29 is 31.6 Å². The molecule has 3 nitrogen and oxygen atoms in total. The van der Waals surface area contributed by atoms with Gasteiger partial charge in [-0.1, -0.05) is 0 Å². The molecule has 1 N–H and O–H groups in total. The van der Waals surface area contributed by atoms with Crippen LogP contribution in [0.3, 0.4) is 0 Å². The summed E-state index contributed by atoms with van der Waals surface area (Å²) in [6, 6.07) is 4.81. The molecule has 0 unspecified atom stereocenters. The van der Waals surface area contributed by atoms with Crippen LogP contribution in [0.4, 0.5) is 0 Å². The van der Waals surface area contributed by atoms with E-state index in [2.05, 4.69) is 0 Å². The van der Waals surface area contributed by atoms with E-state index >= 15 is 0 Å². The Morgan fingerprint density at radius 1 is 1.21 bits per heavy atom. The molecule has 78 valence electrons. The van der Waals surface area contributed by atoms with Crippen molar-refractivity contribution in [2.24, 2.45) is 0 Å². The van der Waals surface area contributed by atoms with Crippen molar-refractivity contribution in [3.05, 3.63) is 18.2 Å². The van der Waals surface area contributed by atoms with E-state index < -0.39 is 17.0 Å². The number of rotatable bonds is 2. The first-order valence-corrected chi connectivity index (χ1v) is 7.86. The Labute approximate surface area is 99.6 Å². The molecule has 0 aliphatic carbocycles. The van der Waals surface area contributed by atoms with Crippen molar-refractivity contribution in [2.75, 3.05) is 14.2 Å². The number of phenolic OH excluding ortho intramolecular Hbond substituents is 1. The van der Waals surface area contributed by atoms with E-state index in [1.165, 1.54) is 13.2 Å². The molecule has 14 heavy (non-hydrogen) atoms. The maximum atomic E-state index is 9.15. The molecule has 0 saturated carbocycles. The molecule has 0 saturated heterocycles. The molecule has 0 aliphatic heterocycles. The molecular weight excluding hydrogens is 263 g/mol. The normalized spacial score (nSPS) is 8.29. The van der Waals surface area contributed by atoms with E-state index in [4.69, 9.17) is 33.2 Å². The second-order valence-electron chi connectivity index (χ2n) is 2.11. The Morgan fingerprint density at radius 3 is 2.21 bits per heavy atom. The third-order valence-corrected chi connectivity index (χ3v) is 1.39. The van der Waals surface area contributed by atoms with Gasteiger partial charge in [0.1, 0.15) is 5.75 Å². The molecule has 0 amide bonds. The topological polar surface area (TPSA) is 38.7 Å². The summed E-state index contributed by atoms with van der Waals surface area (Å²) in [4.78, 5) is 0. The van der Waals surface area contributed by atoms with Gasteiger partial charge in [0.15, 0.2) is 11.5 Å². The van der Waals surface area contributed by atoms with Crippen molar-refractivity contribution in [1.82, 2.24) is 0 Å². The van der Waals surface area contributed by atoms with Gasteiger partial charge >= 0.3 is 35.6 Å². The third kappa shape index (κ3) is 4.96. The van der Waals surface area contributed by atoms with E-state index in [0.29, 0.717) is 11.5 Å². The second kappa shape index (κ2) is 8.24. The van der Waals surface area contributed by atoms with Crippen LogP contribution in [0.5, 0.6) is 17.2 Å². The Balaban J connectivity index is 0.000000500. The Morgan fingerprint density at radius 2 is 1.79 bits per heavy atom. The van der Waals surface area contributed by atoms with Crippen LogP contribution in [0.15, 0.2) is 18.2 Å². The molecule has 1 aromatic carbocycles. The van der Waals surface area contributed by atoms with Gasteiger partial charge in [0.2, 0.25) is 0 Å². The molecule has 0 bridgehead atoms. The number of halogens is 2. The number of methoxy groups -OCH3 is 2. The Bertz CT molecular complexity index is 271. The van der Waals surface area contributed by atoms with Crippen LogP contribution in [0.1, 0.15) is 0 Å². The molecule has 1 aromatic rings. The summed E-state index contributed by atoms with van der Waals surface area (Å²) >= 11 is -0.556. The van der Waals surface area contributed by atoms with E-state index in [-0.39, 0.29) is 5.75 Å². The summed E-state index contributed by atoms with van der Waals surface area (Å²) in [6.07, 6.45) is 0. The van der Waals surface area contributed by atoms with Crippen LogP contribution >= 0.6 is 18.6 Å². The minimum absolute atomic E-state index is 0.119. The first-order valence-electron chi connectivity index (χ1n) is 3.56. The van der Waals surface area contributed by atoms with Gasteiger partial charge in [-0.15, -0.1) is 0 Å². The van der Waals surface area contributed by atoms with Crippen molar-refractivity contribution in [3.63, 3.8) is 0 Å². The third-order valence-electron chi connectivity index (χ3n) is 1.39. The molecule has 0 heterocycles. The summed E-state index contributed by atoms with van der Waals surface area (Å²) in [6.45, 7) is 0. The van der Waals surface area contributed by atoms with E-state index in [9.17, 15) is 0 Å². The fourth-order valence-corrected chi connectivity index (χ4v) is 0.785. The van der Waals surface area contributed by atoms with E-state index in [0.717, 1.165) is 0 Å². The van der Waals surface area contributed by atoms with Crippen molar-refractivity contribution in [1.29, 1.82) is 0 Å². The number of hydrogen-bond donors (Lipinski definition) is 1. The maximum absolute atomic E-state index is 9.15. The van der Waals surface area contributed by atoms with Gasteiger partial charge in [-0.05, 0) is 12.1 Å². The van der Waals surface area contributed by atoms with Crippen LogP contribution in [-0.4, -0.2) is 19.3 Å². The molecule has 0 fully saturated rings. The number of aromatic hydroxyl groups is 1. The molecule has 0 aliphatic rings. The van der Waals surface area contributed by atoms with Gasteiger partial charge < -0.3 is 14.6 Å². The van der Waals surface area contributed by atoms with Crippen LogP contribution in [0.2, 0.25) is 0 Å². The van der Waals surface area contributed by atoms with Gasteiger partial charge in [-0.2, -0.15) is 0 Å². The molecular formula is C8H10Cl2O3Ti. The zero-order valence-corrected chi connectivity index (χ0v) is 10.8. The summed E-state index contributed by atoms with van der Waals surface area (Å²) in [5.74, 6) is 1.21. The molecule has 0 aromatic heterocycles. The van der Waals surface area contributed by atoms with Gasteiger partial charge in [0, 0.05) is 6.07 Å². The molecule has 6 heteroatoms. The summed E-state index contributed by atoms with van der Waals surface area (Å²) in [5, 5.41) is 9.15. The van der Waals surface area contributed by atoms with Gasteiger partial charge in [0.05, 0.1) is 14.2 Å². The van der Waals surface area contributed by atoms with Crippen molar-refractivity contribution in [3.8, 4) is 17.2 Å². The molecule has 0 spiro atoms. The number of phenols is 1. The number of benzene rings is 1. The minimum atomic E-state index is -0.556. The second-order valence-corrected chi connectivity index (χ2v) is 4.69. The number of hydrogen-bond acceptors (Lipinski definition) is 3. The zero-order chi connectivity index (χ0) is 11.0. The fourth-order valence-electron chi connectivity index (χ4n) is 0.785. The Kier molecular flexibility index (Phi) is 8.19. The Hall–Kier alpha value is -0.0857. The predicted molar refractivity (Wildman–Crippen MR) is 52.9 cm³/mol. The standard InChI is InChI=1S/C8H10O3.2ClH.Ti/c1-10-6-3-4-7(9)8(5-6)11-2;;;/h3-5,9H,1-2H3;2*1H;/q;;;+2/p-2. The fraction of sp³-hybridized carbons (Fsp3) is 0.250. The SMILES string of the molecule is COc1ccc(O)c(OC)c1.[Cl][Ti][Cl]. The molecule has 1 rings (SSSR count). The average molecular weight is 273 g/mol. The molecule has 0 atom stereocenters. The summed E-state index contributed by atoms with van der Waals surface area (Å²) in [7, 11) is 12.8. The van der Waals surface area contributed by atoms with E-state index in [1.54, 1.807) is 19.2 Å². The first kappa shape index (κ1) is 13.9. The van der Waals surface area contributed by atoms with Crippen LogP contribution < -0.4 is 9.47 Å². The van der Waals surface area contributed by atoms with E-state index in [1.807, 2.05) is 0 Å². The van der Waals surface area contributed by atoms with Crippen LogP contribution in [0.25, 0.3) is 0 Å². The van der Waals surface area contributed by atoms with Crippen LogP contribution in [0, 0.1) is 0 Å². The zero-order valence-electron chi connectivity index (χ0n) is 7.75. The van der Waals surface area contributed by atoms with Gasteiger partial charge in [0.25, 0.3) is 0 Å². The monoisotopic (exact) mass is 272 g/mol. The quantitative estimate of drug-likeness (QED) is 0.842.